The van der Waals surface area contributed by atoms with Crippen molar-refractivity contribution in [3.63, 3.8) is 0 Å². The number of aliphatic carboxylic acids is 1. The number of carbonyl (C=O) groups is 2. The lowest BCUT2D eigenvalue weighted by molar-refractivity contribution is -0.148. The lowest BCUT2D eigenvalue weighted by atomic mass is 10.0. The molecular formula is C26H30NO7+. The molecule has 1 unspecified atom stereocenters. The van der Waals surface area contributed by atoms with Gasteiger partial charge in [0.15, 0.2) is 11.0 Å². The van der Waals surface area contributed by atoms with Crippen LogP contribution in [-0.4, -0.2) is 57.0 Å². The van der Waals surface area contributed by atoms with E-state index in [2.05, 4.69) is 0 Å². The molecule has 0 spiro atoms. The molecule has 0 aliphatic heterocycles. The third-order valence-corrected chi connectivity index (χ3v) is 5.68. The number of hydrogen-bond donors (Lipinski definition) is 1. The minimum Gasteiger partial charge on any atom is -0.481 e. The molecule has 0 aliphatic carbocycles. The third kappa shape index (κ3) is 6.30. The van der Waals surface area contributed by atoms with Gasteiger partial charge in [0, 0.05) is 12.2 Å². The van der Waals surface area contributed by atoms with E-state index in [1.165, 1.54) is 6.07 Å². The van der Waals surface area contributed by atoms with Gasteiger partial charge in [0.1, 0.15) is 19.7 Å². The molecule has 0 radical (unpaired) electrons. The quantitative estimate of drug-likeness (QED) is 0.245. The Morgan fingerprint density at radius 3 is 2.44 bits per heavy atom. The topological polar surface area (TPSA) is 103 Å². The summed E-state index contributed by atoms with van der Waals surface area (Å²) in [6, 6.07) is 16.7. The average Bonchev–Trinajstić information content (AvgIpc) is 2.83. The van der Waals surface area contributed by atoms with Crippen molar-refractivity contribution in [3.8, 4) is 11.1 Å². The number of rotatable bonds is 12. The lowest BCUT2D eigenvalue weighted by Crippen LogP contribution is -2.50. The molecule has 0 saturated carbocycles. The molecule has 0 saturated heterocycles. The molecule has 3 rings (SSSR count). The molecule has 1 heterocycles. The summed E-state index contributed by atoms with van der Waals surface area (Å²) < 4.78 is 17.3. The molecule has 2 aromatic carbocycles. The molecule has 0 fully saturated rings. The number of fused-ring (bicyclic) bond motifs is 1. The zero-order valence-electron chi connectivity index (χ0n) is 19.5. The Labute approximate surface area is 197 Å². The predicted molar refractivity (Wildman–Crippen MR) is 130 cm³/mol. The monoisotopic (exact) mass is 468 g/mol. The summed E-state index contributed by atoms with van der Waals surface area (Å²) in [5, 5.41) is 9.22. The summed E-state index contributed by atoms with van der Waals surface area (Å²) in [5.74, 6) is -1.20. The van der Waals surface area contributed by atoms with Crippen LogP contribution in [0.3, 0.4) is 0 Å². The first-order chi connectivity index (χ1) is 16.3. The van der Waals surface area contributed by atoms with Gasteiger partial charge in [0.05, 0.1) is 37.9 Å². The van der Waals surface area contributed by atoms with Gasteiger partial charge in [-0.05, 0) is 18.6 Å². The number of carboxylic acid groups (broad SMARTS) is 1. The number of nitrogens with zero attached hydrogens (tertiary/aromatic N) is 1. The number of carbonyl (C=O) groups excluding carboxylic acids is 1. The fourth-order valence-corrected chi connectivity index (χ4v) is 3.66. The van der Waals surface area contributed by atoms with E-state index in [1.54, 1.807) is 6.07 Å². The van der Waals surface area contributed by atoms with E-state index < -0.39 is 11.9 Å². The van der Waals surface area contributed by atoms with Crippen molar-refractivity contribution in [3.05, 3.63) is 64.8 Å². The number of likely N-dealkylation sites (N-methyl/N-ethyl adjacent to an activating group) is 1. The minimum absolute atomic E-state index is 0.0448. The first kappa shape index (κ1) is 25.1. The van der Waals surface area contributed by atoms with Crippen LogP contribution < -0.4 is 9.91 Å². The standard InChI is InChI=1S/C26H29NO7/c1-3-32-16-14-27(2,15-17-33-25(31)13-12-24(29)30)23-18-22(28)21-11-7-10-20(26(21)34-23)19-8-5-4-6-9-19/h4-11,18H,3,12-17H2,1-2H3/p+1. The van der Waals surface area contributed by atoms with Gasteiger partial charge in [-0.15, -0.1) is 0 Å². The molecule has 0 bridgehead atoms. The van der Waals surface area contributed by atoms with Crippen molar-refractivity contribution in [2.24, 2.45) is 0 Å². The number of carboxylic acids is 1. The number of benzene rings is 2. The molecule has 8 nitrogen and oxygen atoms in total. The van der Waals surface area contributed by atoms with Gasteiger partial charge in [0.2, 0.25) is 0 Å². The summed E-state index contributed by atoms with van der Waals surface area (Å²) >= 11 is 0. The van der Waals surface area contributed by atoms with Crippen LogP contribution in [-0.2, 0) is 19.1 Å². The smallest absolute Gasteiger partial charge is 0.306 e. The Morgan fingerprint density at radius 2 is 1.74 bits per heavy atom. The number of hydrogen-bond acceptors (Lipinski definition) is 6. The zero-order chi connectivity index (χ0) is 24.6. The van der Waals surface area contributed by atoms with Gasteiger partial charge in [0.25, 0.3) is 0 Å². The van der Waals surface area contributed by atoms with Crippen molar-refractivity contribution < 1.29 is 28.6 Å². The highest BCUT2D eigenvalue weighted by Crippen LogP contribution is 2.31. The Bertz CT molecular complexity index is 1190. The van der Waals surface area contributed by atoms with E-state index in [0.29, 0.717) is 43.2 Å². The zero-order valence-corrected chi connectivity index (χ0v) is 19.5. The van der Waals surface area contributed by atoms with Crippen molar-refractivity contribution in [2.45, 2.75) is 19.8 Å². The maximum absolute atomic E-state index is 13.0. The second-order valence-electron chi connectivity index (χ2n) is 8.15. The lowest BCUT2D eigenvalue weighted by Gasteiger charge is -2.31. The van der Waals surface area contributed by atoms with Crippen LogP contribution in [0, 0.1) is 0 Å². The summed E-state index contributed by atoms with van der Waals surface area (Å²) in [6.07, 6.45) is -0.472. The van der Waals surface area contributed by atoms with E-state index in [-0.39, 0.29) is 29.4 Å². The molecule has 34 heavy (non-hydrogen) atoms. The van der Waals surface area contributed by atoms with E-state index in [9.17, 15) is 14.4 Å². The predicted octanol–water partition coefficient (Wildman–Crippen LogP) is 3.84. The Morgan fingerprint density at radius 1 is 1.00 bits per heavy atom. The molecule has 8 heteroatoms. The average molecular weight is 469 g/mol. The van der Waals surface area contributed by atoms with Crippen LogP contribution >= 0.6 is 0 Å². The van der Waals surface area contributed by atoms with Crippen LogP contribution in [0.25, 0.3) is 22.1 Å². The molecule has 1 N–H and O–H groups in total. The number of esters is 1. The molecule has 0 amide bonds. The van der Waals surface area contributed by atoms with Gasteiger partial charge < -0.3 is 19.0 Å². The highest BCUT2D eigenvalue weighted by molar-refractivity contribution is 5.92. The fourth-order valence-electron chi connectivity index (χ4n) is 3.66. The van der Waals surface area contributed by atoms with Gasteiger partial charge in [-0.25, -0.2) is 0 Å². The van der Waals surface area contributed by atoms with E-state index in [4.69, 9.17) is 19.0 Å². The van der Waals surface area contributed by atoms with Gasteiger partial charge in [-0.2, -0.15) is 0 Å². The number of ether oxygens (including phenoxy) is 2. The van der Waals surface area contributed by atoms with Crippen LogP contribution in [0.1, 0.15) is 19.8 Å². The Kier molecular flexibility index (Phi) is 8.56. The molecule has 1 aromatic heterocycles. The normalized spacial score (nSPS) is 12.9. The highest BCUT2D eigenvalue weighted by Gasteiger charge is 2.30. The van der Waals surface area contributed by atoms with Crippen molar-refractivity contribution in [2.75, 3.05) is 40.0 Å². The van der Waals surface area contributed by atoms with E-state index >= 15 is 0 Å². The summed E-state index contributed by atoms with van der Waals surface area (Å²) in [6.45, 7) is 3.72. The summed E-state index contributed by atoms with van der Waals surface area (Å²) in [7, 11) is 1.89. The number of quaternary nitrogens is 1. The summed E-state index contributed by atoms with van der Waals surface area (Å²) in [5.41, 5.74) is 2.08. The maximum Gasteiger partial charge on any atom is 0.306 e. The highest BCUT2D eigenvalue weighted by atomic mass is 16.5. The fraction of sp³-hybridized carbons (Fsp3) is 0.346. The molecule has 1 atom stereocenters. The molecular weight excluding hydrogens is 438 g/mol. The first-order valence-corrected chi connectivity index (χ1v) is 11.3. The largest absolute Gasteiger partial charge is 0.481 e. The summed E-state index contributed by atoms with van der Waals surface area (Å²) in [4.78, 5) is 35.6. The van der Waals surface area contributed by atoms with E-state index in [1.807, 2.05) is 56.4 Å². The Hall–Kier alpha value is -3.49. The number of para-hydroxylation sites is 1. The second-order valence-corrected chi connectivity index (χ2v) is 8.15. The van der Waals surface area contributed by atoms with Crippen LogP contribution in [0.2, 0.25) is 0 Å². The van der Waals surface area contributed by atoms with Crippen LogP contribution in [0.4, 0.5) is 5.88 Å². The van der Waals surface area contributed by atoms with Crippen LogP contribution in [0.5, 0.6) is 0 Å². The maximum atomic E-state index is 13.0. The first-order valence-electron chi connectivity index (χ1n) is 11.3. The SMILES string of the molecule is CCOCC[N+](C)(CCOC(=O)CCC(=O)O)c1cc(=O)c2cccc(-c3ccccc3)c2o1. The molecule has 3 aromatic rings. The van der Waals surface area contributed by atoms with Gasteiger partial charge in [-0.1, -0.05) is 42.5 Å². The molecule has 180 valence electrons. The van der Waals surface area contributed by atoms with E-state index in [0.717, 1.165) is 11.1 Å². The Balaban J connectivity index is 1.94. The van der Waals surface area contributed by atoms with Crippen molar-refractivity contribution in [1.29, 1.82) is 0 Å². The molecule has 0 aliphatic rings. The van der Waals surface area contributed by atoms with Crippen molar-refractivity contribution in [1.82, 2.24) is 4.48 Å². The van der Waals surface area contributed by atoms with Gasteiger partial charge >= 0.3 is 17.8 Å². The van der Waals surface area contributed by atoms with Crippen LogP contribution in [0.15, 0.2) is 63.8 Å². The second kappa shape index (κ2) is 11.6. The van der Waals surface area contributed by atoms with Gasteiger partial charge in [-0.3, -0.25) is 18.9 Å². The minimum atomic E-state index is -1.05. The third-order valence-electron chi connectivity index (χ3n) is 5.68. The van der Waals surface area contributed by atoms with Crippen molar-refractivity contribution >= 4 is 28.8 Å².